The Labute approximate surface area is 462 Å². The zero-order valence-electron chi connectivity index (χ0n) is 47.7. The number of aromatic nitrogens is 2. The molecule has 1 spiro atoms. The van der Waals surface area contributed by atoms with Crippen molar-refractivity contribution >= 4 is 45.9 Å². The second kappa shape index (κ2) is 21.5. The molecule has 3 N–H and O–H groups in total. The number of morpholine rings is 1. The molecule has 1 aliphatic carbocycles. The summed E-state index contributed by atoms with van der Waals surface area (Å²) in [6, 6.07) is 7.99. The summed E-state index contributed by atoms with van der Waals surface area (Å²) in [5.74, 6) is 0.298. The van der Waals surface area contributed by atoms with Crippen LogP contribution in [-0.4, -0.2) is 192 Å². The van der Waals surface area contributed by atoms with Crippen LogP contribution < -0.4 is 21.0 Å². The molecule has 8 aliphatic heterocycles. The molecule has 17 nitrogen and oxygen atoms in total. The van der Waals surface area contributed by atoms with Crippen molar-refractivity contribution in [1.29, 1.82) is 0 Å². The van der Waals surface area contributed by atoms with E-state index in [1.54, 1.807) is 5.01 Å². The van der Waals surface area contributed by atoms with Crippen molar-refractivity contribution in [2.24, 2.45) is 22.7 Å². The number of carbonyl (C=O) groups is 4. The number of nitrogens with zero attached hydrogens (tertiary/aromatic N) is 8. The summed E-state index contributed by atoms with van der Waals surface area (Å²) in [7, 11) is 0. The van der Waals surface area contributed by atoms with Crippen LogP contribution in [0.1, 0.15) is 116 Å². The molecule has 78 heavy (non-hydrogen) atoms. The summed E-state index contributed by atoms with van der Waals surface area (Å²) in [5, 5.41) is 9.57. The number of carbonyl (C=O) groups excluding carboxylic acids is 4. The van der Waals surface area contributed by atoms with Gasteiger partial charge in [0.25, 0.3) is 5.91 Å². The van der Waals surface area contributed by atoms with Gasteiger partial charge in [-0.1, -0.05) is 53.7 Å². The molecule has 9 aliphatic rings. The minimum absolute atomic E-state index is 0.0161. The van der Waals surface area contributed by atoms with E-state index in [0.29, 0.717) is 56.9 Å². The van der Waals surface area contributed by atoms with E-state index in [9.17, 15) is 14.4 Å². The zero-order valence-corrected chi connectivity index (χ0v) is 47.7. The van der Waals surface area contributed by atoms with Crippen LogP contribution in [0.5, 0.6) is 0 Å². The van der Waals surface area contributed by atoms with E-state index in [4.69, 9.17) is 14.5 Å². The Hall–Kier alpha value is -4.91. The van der Waals surface area contributed by atoms with Crippen LogP contribution in [0, 0.1) is 22.7 Å². The Balaban J connectivity index is 0.846. The van der Waals surface area contributed by atoms with Gasteiger partial charge in [0.2, 0.25) is 11.8 Å². The van der Waals surface area contributed by atoms with Crippen molar-refractivity contribution in [1.82, 2.24) is 50.2 Å². The molecular formula is C61H87N11O6. The number of nitrogens with one attached hydrogen (secondary N) is 3. The third-order valence-electron chi connectivity index (χ3n) is 19.2. The van der Waals surface area contributed by atoms with Crippen LogP contribution in [0.3, 0.4) is 0 Å². The molecule has 1 aromatic carbocycles. The molecule has 10 heterocycles. The molecule has 3 aromatic rings. The Morgan fingerprint density at radius 3 is 2.58 bits per heavy atom. The number of ether oxygens (including phenoxy) is 2. The van der Waals surface area contributed by atoms with Crippen molar-refractivity contribution in [3.05, 3.63) is 53.4 Å². The number of rotatable bonds is 10. The van der Waals surface area contributed by atoms with E-state index < -0.39 is 23.5 Å². The summed E-state index contributed by atoms with van der Waals surface area (Å²) in [5.41, 5.74) is 12.0. The van der Waals surface area contributed by atoms with Crippen LogP contribution in [0.2, 0.25) is 0 Å². The van der Waals surface area contributed by atoms with Crippen molar-refractivity contribution < 1.29 is 28.7 Å². The number of benzene rings is 1. The Kier molecular flexibility index (Phi) is 14.8. The first kappa shape index (κ1) is 53.7. The van der Waals surface area contributed by atoms with Gasteiger partial charge in [-0.15, -0.1) is 0 Å². The molecule has 17 heteroatoms. The Morgan fingerprint density at radius 1 is 0.949 bits per heavy atom. The van der Waals surface area contributed by atoms with Crippen molar-refractivity contribution in [2.75, 3.05) is 103 Å². The van der Waals surface area contributed by atoms with Gasteiger partial charge in [-0.05, 0) is 117 Å². The van der Waals surface area contributed by atoms with Crippen LogP contribution in [0.4, 0.5) is 5.69 Å². The SMILES string of the molecule is CCn1c(-c2cc(N3CCN4CCOC[C@@H]4C3)cnc2C(C)C)c2c3cc(ccc31)C1=CCCN(C1)C[C@H](NC(=O)[C@H](C(C)C)N1CC[C@]3(CCN(C(=O)[C@@H]4N[C@@H]4C4CC4)C3)C1)C(=O)N1CCC[C@H](N1)C(=O)OCC(C)(C)C2. The number of fused-ring (bicyclic) bond motifs is 7. The van der Waals surface area contributed by atoms with E-state index in [2.05, 4.69) is 130 Å². The highest BCUT2D eigenvalue weighted by Gasteiger charge is 2.55. The van der Waals surface area contributed by atoms with Gasteiger partial charge in [-0.25, -0.2) is 5.43 Å². The fourth-order valence-corrected chi connectivity index (χ4v) is 14.8. The normalized spacial score (nSPS) is 30.4. The predicted molar refractivity (Wildman–Crippen MR) is 302 cm³/mol. The fraction of sp³-hybridized carbons (Fsp3) is 0.689. The smallest absolute Gasteiger partial charge is 0.324 e. The monoisotopic (exact) mass is 1070 g/mol. The molecule has 12 rings (SSSR count). The number of piperazine rings is 1. The number of hydrogen-bond acceptors (Lipinski definition) is 13. The quantitative estimate of drug-likeness (QED) is 0.178. The summed E-state index contributed by atoms with van der Waals surface area (Å²) < 4.78 is 14.7. The maximum atomic E-state index is 15.0. The number of aryl methyl sites for hydroxylation is 1. The minimum Gasteiger partial charge on any atom is -0.464 e. The van der Waals surface area contributed by atoms with Gasteiger partial charge in [0.1, 0.15) is 18.1 Å². The van der Waals surface area contributed by atoms with Crippen LogP contribution in [-0.2, 0) is 41.6 Å². The summed E-state index contributed by atoms with van der Waals surface area (Å²) in [4.78, 5) is 74.9. The van der Waals surface area contributed by atoms with Gasteiger partial charge < -0.3 is 29.2 Å². The lowest BCUT2D eigenvalue weighted by Gasteiger charge is -2.44. The average molecular weight is 1070 g/mol. The molecule has 3 amide bonds. The molecular weight excluding hydrogens is 983 g/mol. The number of pyridine rings is 1. The molecule has 422 valence electrons. The van der Waals surface area contributed by atoms with Gasteiger partial charge in [0.05, 0.1) is 55.2 Å². The lowest BCUT2D eigenvalue weighted by molar-refractivity contribution is -0.155. The van der Waals surface area contributed by atoms with Gasteiger partial charge in [-0.2, -0.15) is 0 Å². The van der Waals surface area contributed by atoms with E-state index in [1.807, 2.05) is 0 Å². The molecule has 0 radical (unpaired) electrons. The second-order valence-corrected chi connectivity index (χ2v) is 26.3. The molecule has 8 atom stereocenters. The molecule has 6 bridgehead atoms. The minimum atomic E-state index is -0.866. The number of hydrogen-bond donors (Lipinski definition) is 3. The molecule has 1 saturated carbocycles. The van der Waals surface area contributed by atoms with Crippen molar-refractivity contribution in [2.45, 2.75) is 149 Å². The highest BCUT2D eigenvalue weighted by atomic mass is 16.5. The maximum Gasteiger partial charge on any atom is 0.324 e. The predicted octanol–water partition coefficient (Wildman–Crippen LogP) is 5.26. The lowest BCUT2D eigenvalue weighted by atomic mass is 9.83. The zero-order chi connectivity index (χ0) is 54.2. The Bertz CT molecular complexity index is 2820. The third-order valence-corrected chi connectivity index (χ3v) is 19.2. The number of anilines is 1. The van der Waals surface area contributed by atoms with Crippen LogP contribution >= 0.6 is 0 Å². The number of cyclic esters (lactones) is 1. The lowest BCUT2D eigenvalue weighted by Crippen LogP contribution is -2.63. The number of hydrazine groups is 1. The number of amides is 3. The van der Waals surface area contributed by atoms with Crippen LogP contribution in [0.15, 0.2) is 36.5 Å². The first-order chi connectivity index (χ1) is 37.6. The van der Waals surface area contributed by atoms with Gasteiger partial charge >= 0.3 is 5.97 Å². The van der Waals surface area contributed by atoms with Crippen LogP contribution in [0.25, 0.3) is 27.7 Å². The Morgan fingerprint density at radius 2 is 1.78 bits per heavy atom. The standard InChI is InChI=1S/C61H87N11O6/c1-8-71-50-16-15-41-27-45(50)47(55(71)46-28-43(30-62-51(46)38(2)3)68-24-23-67-25-26-77-34-44(67)32-68)29-60(6,7)37-78-59(76)48-12-10-20-72(65-48)57(74)49(33-66-19-9-11-42(41)31-66)63-56(73)54(39(4)5)69-21-17-61(35-69)18-22-70(36-61)58(75)53-52(64-53)40-13-14-40/h11,15-16,27-28,30,38-40,44,48-49,52-54,64-65H,8-10,12-14,17-26,29,31-37H2,1-7H3,(H,63,73)/t44-,48-,49-,52+,53+,54-,61-/m0/s1. The molecule has 6 saturated heterocycles. The van der Waals surface area contributed by atoms with E-state index in [-0.39, 0.29) is 53.6 Å². The van der Waals surface area contributed by atoms with Crippen molar-refractivity contribution in [3.8, 4) is 11.3 Å². The van der Waals surface area contributed by atoms with Crippen molar-refractivity contribution in [3.63, 3.8) is 0 Å². The summed E-state index contributed by atoms with van der Waals surface area (Å²) >= 11 is 0. The maximum absolute atomic E-state index is 15.0. The second-order valence-electron chi connectivity index (χ2n) is 26.3. The number of likely N-dealkylation sites (tertiary alicyclic amines) is 2. The van der Waals surface area contributed by atoms with E-state index in [0.717, 1.165) is 126 Å². The van der Waals surface area contributed by atoms with E-state index in [1.165, 1.54) is 35.1 Å². The molecule has 7 fully saturated rings. The third kappa shape index (κ3) is 10.6. The largest absolute Gasteiger partial charge is 0.464 e. The molecule has 2 aromatic heterocycles. The van der Waals surface area contributed by atoms with Gasteiger partial charge in [0.15, 0.2) is 0 Å². The summed E-state index contributed by atoms with van der Waals surface area (Å²) in [6.45, 7) is 26.7. The van der Waals surface area contributed by atoms with Gasteiger partial charge in [-0.3, -0.25) is 49.2 Å². The number of esters is 1. The first-order valence-corrected chi connectivity index (χ1v) is 30.0. The average Bonchev–Trinajstić information content (AvgIpc) is 4.53. The van der Waals surface area contributed by atoms with Gasteiger partial charge in [0, 0.05) is 112 Å². The topological polar surface area (TPSA) is 170 Å². The fourth-order valence-electron chi connectivity index (χ4n) is 14.8. The summed E-state index contributed by atoms with van der Waals surface area (Å²) in [6.07, 6.45) is 11.4. The molecule has 1 unspecified atom stereocenters. The highest BCUT2D eigenvalue weighted by molar-refractivity contribution is 5.95. The highest BCUT2D eigenvalue weighted by Crippen LogP contribution is 2.46. The van der Waals surface area contributed by atoms with E-state index >= 15 is 4.79 Å². The first-order valence-electron chi connectivity index (χ1n) is 30.0.